The van der Waals surface area contributed by atoms with E-state index >= 15 is 0 Å². The van der Waals surface area contributed by atoms with Crippen LogP contribution in [0.15, 0.2) is 61.7 Å². The number of rotatable bonds is 16. The Morgan fingerprint density at radius 3 is 2.26 bits per heavy atom. The summed E-state index contributed by atoms with van der Waals surface area (Å²) in [6.45, 7) is 7.58. The third kappa shape index (κ3) is 8.38. The highest BCUT2D eigenvalue weighted by molar-refractivity contribution is 5.90. The summed E-state index contributed by atoms with van der Waals surface area (Å²) < 4.78 is 27.0. The molecular weight excluding hydrogens is 440 g/mol. The topological polar surface area (TPSA) is 101 Å². The summed E-state index contributed by atoms with van der Waals surface area (Å²) >= 11 is 0. The highest BCUT2D eigenvalue weighted by atomic mass is 16.5. The lowest BCUT2D eigenvalue weighted by molar-refractivity contribution is -0.137. The van der Waals surface area contributed by atoms with Crippen molar-refractivity contribution in [2.75, 3.05) is 40.1 Å². The third-order valence-electron chi connectivity index (χ3n) is 4.64. The van der Waals surface area contributed by atoms with Crippen molar-refractivity contribution in [3.63, 3.8) is 0 Å². The zero-order valence-corrected chi connectivity index (χ0v) is 19.3. The van der Waals surface area contributed by atoms with Crippen molar-refractivity contribution in [1.29, 1.82) is 0 Å². The Labute approximate surface area is 199 Å². The Balaban J connectivity index is 1.98. The lowest BCUT2D eigenvalue weighted by Crippen LogP contribution is -2.12. The molecule has 2 aromatic rings. The van der Waals surface area contributed by atoms with E-state index in [2.05, 4.69) is 13.2 Å². The van der Waals surface area contributed by atoms with E-state index in [0.717, 1.165) is 17.2 Å². The van der Waals surface area contributed by atoms with Crippen LogP contribution in [0.25, 0.3) is 11.1 Å². The van der Waals surface area contributed by atoms with Gasteiger partial charge in [-0.15, -0.1) is 0 Å². The zero-order valence-electron chi connectivity index (χ0n) is 19.3. The van der Waals surface area contributed by atoms with Gasteiger partial charge >= 0.3 is 5.97 Å². The first kappa shape index (κ1) is 26.6. The van der Waals surface area contributed by atoms with Crippen LogP contribution in [0, 0.1) is 0 Å². The number of carbonyl (C=O) groups excluding carboxylic acids is 2. The van der Waals surface area contributed by atoms with E-state index in [0.29, 0.717) is 35.8 Å². The Kier molecular flexibility index (Phi) is 11.4. The largest absolute Gasteiger partial charge is 0.493 e. The molecule has 34 heavy (non-hydrogen) atoms. The molecule has 0 fully saturated rings. The highest BCUT2D eigenvalue weighted by Crippen LogP contribution is 2.34. The van der Waals surface area contributed by atoms with Crippen LogP contribution < -0.4 is 14.2 Å². The molecule has 0 heterocycles. The van der Waals surface area contributed by atoms with Crippen molar-refractivity contribution in [2.24, 2.45) is 0 Å². The zero-order chi connectivity index (χ0) is 24.8. The SMILES string of the molecule is C=CC(=O)COCCOc1ccc(-c2ccc(OCCCOC(=O)C=C)c(CO)c2)cc1OC. The van der Waals surface area contributed by atoms with Gasteiger partial charge in [-0.25, -0.2) is 4.79 Å². The average Bonchev–Trinajstić information content (AvgIpc) is 2.87. The summed E-state index contributed by atoms with van der Waals surface area (Å²) in [5.74, 6) is 0.988. The van der Waals surface area contributed by atoms with Crippen LogP contribution in [-0.4, -0.2) is 57.0 Å². The normalized spacial score (nSPS) is 10.3. The molecule has 0 bridgehead atoms. The maximum atomic E-state index is 11.1. The first-order chi connectivity index (χ1) is 16.5. The molecule has 0 radical (unpaired) electrons. The van der Waals surface area contributed by atoms with Gasteiger partial charge < -0.3 is 28.8 Å². The fourth-order valence-electron chi connectivity index (χ4n) is 2.90. The van der Waals surface area contributed by atoms with Gasteiger partial charge in [0.2, 0.25) is 0 Å². The number of benzene rings is 2. The number of esters is 1. The number of aliphatic hydroxyl groups excluding tert-OH is 1. The smallest absolute Gasteiger partial charge is 0.330 e. The predicted molar refractivity (Wildman–Crippen MR) is 127 cm³/mol. The van der Waals surface area contributed by atoms with Crippen molar-refractivity contribution in [3.8, 4) is 28.4 Å². The first-order valence-corrected chi connectivity index (χ1v) is 10.7. The summed E-state index contributed by atoms with van der Waals surface area (Å²) in [6, 6.07) is 11.0. The Morgan fingerprint density at radius 1 is 0.882 bits per heavy atom. The van der Waals surface area contributed by atoms with Crippen LogP contribution in [0.5, 0.6) is 17.2 Å². The Morgan fingerprint density at radius 2 is 1.59 bits per heavy atom. The minimum Gasteiger partial charge on any atom is -0.493 e. The fraction of sp³-hybridized carbons (Fsp3) is 0.308. The predicted octanol–water partition coefficient (Wildman–Crippen LogP) is 3.50. The number of ketones is 1. The molecule has 182 valence electrons. The van der Waals surface area contributed by atoms with E-state index in [1.54, 1.807) is 19.2 Å². The van der Waals surface area contributed by atoms with Crippen molar-refractivity contribution in [1.82, 2.24) is 0 Å². The van der Waals surface area contributed by atoms with Crippen LogP contribution in [0.4, 0.5) is 0 Å². The van der Waals surface area contributed by atoms with E-state index in [1.807, 2.05) is 24.3 Å². The summed E-state index contributed by atoms with van der Waals surface area (Å²) in [5, 5.41) is 9.79. The molecule has 0 aliphatic carbocycles. The van der Waals surface area contributed by atoms with Gasteiger partial charge in [0.1, 0.15) is 19.0 Å². The number of hydrogen-bond donors (Lipinski definition) is 1. The van der Waals surface area contributed by atoms with Crippen LogP contribution in [-0.2, 0) is 25.7 Å². The number of hydrogen-bond acceptors (Lipinski definition) is 8. The van der Waals surface area contributed by atoms with Gasteiger partial charge in [-0.1, -0.05) is 25.3 Å². The maximum Gasteiger partial charge on any atom is 0.330 e. The van der Waals surface area contributed by atoms with Gasteiger partial charge in [0, 0.05) is 18.1 Å². The maximum absolute atomic E-state index is 11.1. The summed E-state index contributed by atoms with van der Waals surface area (Å²) in [4.78, 5) is 22.2. The van der Waals surface area contributed by atoms with E-state index in [9.17, 15) is 14.7 Å². The second kappa shape index (κ2) is 14.5. The van der Waals surface area contributed by atoms with E-state index in [4.69, 9.17) is 23.7 Å². The molecule has 2 aromatic carbocycles. The van der Waals surface area contributed by atoms with Crippen molar-refractivity contribution in [3.05, 3.63) is 67.3 Å². The molecule has 0 amide bonds. The molecule has 0 aliphatic rings. The molecule has 0 atom stereocenters. The van der Waals surface area contributed by atoms with Crippen LogP contribution in [0.2, 0.25) is 0 Å². The van der Waals surface area contributed by atoms with E-state index < -0.39 is 5.97 Å². The number of methoxy groups -OCH3 is 1. The quantitative estimate of drug-likeness (QED) is 0.226. The minimum atomic E-state index is -0.472. The summed E-state index contributed by atoms with van der Waals surface area (Å²) in [7, 11) is 1.55. The fourth-order valence-corrected chi connectivity index (χ4v) is 2.90. The van der Waals surface area contributed by atoms with Crippen molar-refractivity contribution >= 4 is 11.8 Å². The number of carbonyl (C=O) groups is 2. The monoisotopic (exact) mass is 470 g/mol. The number of aliphatic hydroxyl groups is 1. The molecular formula is C26H30O8. The molecule has 8 nitrogen and oxygen atoms in total. The average molecular weight is 471 g/mol. The molecule has 0 saturated heterocycles. The molecule has 0 unspecified atom stereocenters. The first-order valence-electron chi connectivity index (χ1n) is 10.7. The molecule has 8 heteroatoms. The van der Waals surface area contributed by atoms with Crippen molar-refractivity contribution < 1.29 is 38.4 Å². The molecule has 0 aliphatic heterocycles. The van der Waals surface area contributed by atoms with Gasteiger partial charge in [0.15, 0.2) is 17.3 Å². The third-order valence-corrected chi connectivity index (χ3v) is 4.64. The lowest BCUT2D eigenvalue weighted by atomic mass is 10.0. The van der Waals surface area contributed by atoms with E-state index in [-0.39, 0.29) is 38.8 Å². The van der Waals surface area contributed by atoms with Gasteiger partial charge in [-0.2, -0.15) is 0 Å². The minimum absolute atomic E-state index is 0.0292. The van der Waals surface area contributed by atoms with Crippen molar-refractivity contribution in [2.45, 2.75) is 13.0 Å². The second-order valence-corrected chi connectivity index (χ2v) is 6.99. The summed E-state index contributed by atoms with van der Waals surface area (Å²) in [5.41, 5.74) is 2.37. The van der Waals surface area contributed by atoms with Crippen LogP contribution in [0.1, 0.15) is 12.0 Å². The van der Waals surface area contributed by atoms with Crippen LogP contribution >= 0.6 is 0 Å². The summed E-state index contributed by atoms with van der Waals surface area (Å²) in [6.07, 6.45) is 2.84. The molecule has 0 spiro atoms. The molecule has 1 N–H and O–H groups in total. The Hall–Kier alpha value is -3.62. The van der Waals surface area contributed by atoms with Gasteiger partial charge in [-0.05, 0) is 41.5 Å². The lowest BCUT2D eigenvalue weighted by Gasteiger charge is -2.14. The van der Waals surface area contributed by atoms with E-state index in [1.165, 1.54) is 6.08 Å². The second-order valence-electron chi connectivity index (χ2n) is 6.99. The Bertz CT molecular complexity index is 903. The van der Waals surface area contributed by atoms with Gasteiger partial charge in [0.05, 0.1) is 33.5 Å². The molecule has 0 saturated carbocycles. The van der Waals surface area contributed by atoms with Gasteiger partial charge in [0.25, 0.3) is 0 Å². The van der Waals surface area contributed by atoms with Gasteiger partial charge in [-0.3, -0.25) is 4.79 Å². The molecule has 0 aromatic heterocycles. The standard InChI is InChI=1S/C26H30O8/c1-4-22(28)18-31-13-14-33-24-10-8-20(16-25(24)30-3)19-7-9-23(21(15-19)17-27)32-11-6-12-34-26(29)5-2/h4-5,7-10,15-16,27H,1-2,6,11-14,17-18H2,3H3. The molecule has 2 rings (SSSR count). The van der Waals surface area contributed by atoms with Crippen LogP contribution in [0.3, 0.4) is 0 Å². The number of ether oxygens (including phenoxy) is 5. The highest BCUT2D eigenvalue weighted by Gasteiger charge is 2.11.